The van der Waals surface area contributed by atoms with Crippen LogP contribution in [0.25, 0.3) is 0 Å². The second-order valence-electron chi connectivity index (χ2n) is 6.24. The first-order valence-corrected chi connectivity index (χ1v) is 8.03. The SMILES string of the molecule is Cc1ccc(C(N)C(=O)Nc2ccc(NC(=O)CN(C)C)cc2)cc1. The average molecular weight is 340 g/mol. The molecule has 2 amide bonds. The zero-order valence-electron chi connectivity index (χ0n) is 14.7. The van der Waals surface area contributed by atoms with Crippen LogP contribution in [0.5, 0.6) is 0 Å². The maximum Gasteiger partial charge on any atom is 0.245 e. The number of rotatable bonds is 6. The van der Waals surface area contributed by atoms with E-state index in [2.05, 4.69) is 10.6 Å². The normalized spacial score (nSPS) is 11.9. The first-order valence-electron chi connectivity index (χ1n) is 8.03. The van der Waals surface area contributed by atoms with Gasteiger partial charge in [-0.1, -0.05) is 29.8 Å². The summed E-state index contributed by atoms with van der Waals surface area (Å²) in [6.07, 6.45) is 0. The van der Waals surface area contributed by atoms with Crippen molar-refractivity contribution in [3.8, 4) is 0 Å². The summed E-state index contributed by atoms with van der Waals surface area (Å²) in [7, 11) is 3.66. The van der Waals surface area contributed by atoms with E-state index < -0.39 is 6.04 Å². The van der Waals surface area contributed by atoms with Gasteiger partial charge in [-0.2, -0.15) is 0 Å². The third kappa shape index (κ3) is 5.70. The van der Waals surface area contributed by atoms with Gasteiger partial charge >= 0.3 is 0 Å². The Hall–Kier alpha value is -2.70. The third-order valence-corrected chi connectivity index (χ3v) is 3.61. The van der Waals surface area contributed by atoms with Gasteiger partial charge in [0.05, 0.1) is 6.54 Å². The van der Waals surface area contributed by atoms with Crippen molar-refractivity contribution < 1.29 is 9.59 Å². The topological polar surface area (TPSA) is 87.5 Å². The van der Waals surface area contributed by atoms with Crippen molar-refractivity contribution in [2.24, 2.45) is 5.73 Å². The summed E-state index contributed by atoms with van der Waals surface area (Å²) in [4.78, 5) is 25.8. The molecule has 0 aliphatic heterocycles. The smallest absolute Gasteiger partial charge is 0.245 e. The molecule has 0 fully saturated rings. The first kappa shape index (κ1) is 18.6. The van der Waals surface area contributed by atoms with Gasteiger partial charge in [-0.15, -0.1) is 0 Å². The summed E-state index contributed by atoms with van der Waals surface area (Å²) in [6, 6.07) is 13.7. The molecule has 0 aromatic heterocycles. The van der Waals surface area contributed by atoms with E-state index in [0.717, 1.165) is 11.1 Å². The highest BCUT2D eigenvalue weighted by Crippen LogP contribution is 2.17. The molecular formula is C19H24N4O2. The van der Waals surface area contributed by atoms with E-state index >= 15 is 0 Å². The molecule has 2 aromatic rings. The van der Waals surface area contributed by atoms with Crippen molar-refractivity contribution in [1.82, 2.24) is 4.90 Å². The minimum atomic E-state index is -0.736. The van der Waals surface area contributed by atoms with E-state index in [1.54, 1.807) is 29.2 Å². The number of likely N-dealkylation sites (N-methyl/N-ethyl adjacent to an activating group) is 1. The van der Waals surface area contributed by atoms with Crippen LogP contribution in [0.15, 0.2) is 48.5 Å². The lowest BCUT2D eigenvalue weighted by Gasteiger charge is -2.14. The Labute approximate surface area is 148 Å². The van der Waals surface area contributed by atoms with Crippen LogP contribution in [-0.4, -0.2) is 37.4 Å². The lowest BCUT2D eigenvalue weighted by atomic mass is 10.1. The quantitative estimate of drug-likeness (QED) is 0.752. The van der Waals surface area contributed by atoms with E-state index in [1.165, 1.54) is 0 Å². The number of carbonyl (C=O) groups excluding carboxylic acids is 2. The van der Waals surface area contributed by atoms with E-state index in [4.69, 9.17) is 5.73 Å². The molecule has 1 atom stereocenters. The molecule has 0 saturated carbocycles. The lowest BCUT2D eigenvalue weighted by Crippen LogP contribution is -2.28. The third-order valence-electron chi connectivity index (χ3n) is 3.61. The van der Waals surface area contributed by atoms with Crippen LogP contribution in [0, 0.1) is 6.92 Å². The van der Waals surface area contributed by atoms with Gasteiger partial charge in [0.15, 0.2) is 0 Å². The molecule has 1 unspecified atom stereocenters. The molecule has 2 aromatic carbocycles. The predicted octanol–water partition coefficient (Wildman–Crippen LogP) is 2.13. The van der Waals surface area contributed by atoms with Gasteiger partial charge in [-0.3, -0.25) is 9.59 Å². The van der Waals surface area contributed by atoms with E-state index in [9.17, 15) is 9.59 Å². The summed E-state index contributed by atoms with van der Waals surface area (Å²) in [5.74, 6) is -0.378. The van der Waals surface area contributed by atoms with Crippen molar-refractivity contribution >= 4 is 23.2 Å². The van der Waals surface area contributed by atoms with Crippen LogP contribution in [-0.2, 0) is 9.59 Å². The minimum Gasteiger partial charge on any atom is -0.325 e. The summed E-state index contributed by atoms with van der Waals surface area (Å²) < 4.78 is 0. The standard InChI is InChI=1S/C19H24N4O2/c1-13-4-6-14(7-5-13)18(20)19(25)22-16-10-8-15(9-11-16)21-17(24)12-23(2)3/h4-11,18H,12,20H2,1-3H3,(H,21,24)(H,22,25). The molecule has 6 nitrogen and oxygen atoms in total. The van der Waals surface area contributed by atoms with Gasteiger partial charge < -0.3 is 21.3 Å². The number of amides is 2. The van der Waals surface area contributed by atoms with Gasteiger partial charge in [0, 0.05) is 11.4 Å². The predicted molar refractivity (Wildman–Crippen MR) is 100 cm³/mol. The van der Waals surface area contributed by atoms with Crippen molar-refractivity contribution in [2.45, 2.75) is 13.0 Å². The Balaban J connectivity index is 1.95. The molecule has 132 valence electrons. The Bertz CT molecular complexity index is 724. The van der Waals surface area contributed by atoms with E-state index in [0.29, 0.717) is 17.9 Å². The fourth-order valence-electron chi connectivity index (χ4n) is 2.27. The Kier molecular flexibility index (Phi) is 6.27. The largest absolute Gasteiger partial charge is 0.325 e. The molecule has 2 rings (SSSR count). The number of nitrogens with two attached hydrogens (primary N) is 1. The van der Waals surface area contributed by atoms with Crippen LogP contribution < -0.4 is 16.4 Å². The maximum absolute atomic E-state index is 12.3. The monoisotopic (exact) mass is 340 g/mol. The van der Waals surface area contributed by atoms with Gasteiger partial charge in [0.2, 0.25) is 11.8 Å². The van der Waals surface area contributed by atoms with Crippen LogP contribution >= 0.6 is 0 Å². The summed E-state index contributed by atoms with van der Waals surface area (Å²) in [5.41, 5.74) is 9.18. The zero-order valence-corrected chi connectivity index (χ0v) is 14.7. The number of nitrogens with one attached hydrogen (secondary N) is 2. The maximum atomic E-state index is 12.3. The Morgan fingerprint density at radius 2 is 1.48 bits per heavy atom. The molecule has 0 saturated heterocycles. The molecular weight excluding hydrogens is 316 g/mol. The number of hydrogen-bond donors (Lipinski definition) is 3. The summed E-state index contributed by atoms with van der Waals surface area (Å²) >= 11 is 0. The number of aryl methyl sites for hydroxylation is 1. The molecule has 4 N–H and O–H groups in total. The average Bonchev–Trinajstić information content (AvgIpc) is 2.56. The fourth-order valence-corrected chi connectivity index (χ4v) is 2.27. The Morgan fingerprint density at radius 3 is 2.00 bits per heavy atom. The molecule has 0 heterocycles. The van der Waals surface area contributed by atoms with E-state index in [1.807, 2.05) is 45.3 Å². The van der Waals surface area contributed by atoms with Crippen LogP contribution in [0.2, 0.25) is 0 Å². The highest BCUT2D eigenvalue weighted by molar-refractivity contribution is 5.96. The molecule has 25 heavy (non-hydrogen) atoms. The summed E-state index contributed by atoms with van der Waals surface area (Å²) in [5, 5.41) is 5.57. The lowest BCUT2D eigenvalue weighted by molar-refractivity contribution is -0.118. The van der Waals surface area contributed by atoms with Gasteiger partial charge in [-0.25, -0.2) is 0 Å². The number of carbonyl (C=O) groups is 2. The van der Waals surface area contributed by atoms with Crippen molar-refractivity contribution in [3.05, 3.63) is 59.7 Å². The molecule has 0 bridgehead atoms. The molecule has 0 aliphatic rings. The number of benzene rings is 2. The van der Waals surface area contributed by atoms with Crippen molar-refractivity contribution in [2.75, 3.05) is 31.3 Å². The zero-order chi connectivity index (χ0) is 18.4. The highest BCUT2D eigenvalue weighted by atomic mass is 16.2. The van der Waals surface area contributed by atoms with Crippen LogP contribution in [0.3, 0.4) is 0 Å². The number of nitrogens with zero attached hydrogens (tertiary/aromatic N) is 1. The molecule has 0 spiro atoms. The summed E-state index contributed by atoms with van der Waals surface area (Å²) in [6.45, 7) is 2.29. The van der Waals surface area contributed by atoms with Crippen LogP contribution in [0.4, 0.5) is 11.4 Å². The minimum absolute atomic E-state index is 0.0943. The van der Waals surface area contributed by atoms with Gasteiger partial charge in [-0.05, 0) is 50.8 Å². The Morgan fingerprint density at radius 1 is 0.960 bits per heavy atom. The first-order chi connectivity index (χ1) is 11.8. The molecule has 0 radical (unpaired) electrons. The highest BCUT2D eigenvalue weighted by Gasteiger charge is 2.15. The van der Waals surface area contributed by atoms with E-state index in [-0.39, 0.29) is 11.8 Å². The molecule has 0 aliphatic carbocycles. The van der Waals surface area contributed by atoms with Gasteiger partial charge in [0.25, 0.3) is 0 Å². The van der Waals surface area contributed by atoms with Crippen molar-refractivity contribution in [3.63, 3.8) is 0 Å². The van der Waals surface area contributed by atoms with Gasteiger partial charge in [0.1, 0.15) is 6.04 Å². The molecule has 6 heteroatoms. The second kappa shape index (κ2) is 8.41. The second-order valence-corrected chi connectivity index (χ2v) is 6.24. The van der Waals surface area contributed by atoms with Crippen LogP contribution in [0.1, 0.15) is 17.2 Å². The number of hydrogen-bond acceptors (Lipinski definition) is 4. The number of anilines is 2. The van der Waals surface area contributed by atoms with Crippen molar-refractivity contribution in [1.29, 1.82) is 0 Å². The fraction of sp³-hybridized carbons (Fsp3) is 0.263.